The summed E-state index contributed by atoms with van der Waals surface area (Å²) in [4.78, 5) is 11.7. The summed E-state index contributed by atoms with van der Waals surface area (Å²) in [7, 11) is 0. The molecule has 0 saturated carbocycles. The zero-order valence-corrected chi connectivity index (χ0v) is 10.2. The second-order valence-electron chi connectivity index (χ2n) is 3.96. The Morgan fingerprint density at radius 3 is 3.13 bits per heavy atom. The zero-order valence-electron chi connectivity index (χ0n) is 8.58. The Balaban J connectivity index is 2.09. The summed E-state index contributed by atoms with van der Waals surface area (Å²) in [5.41, 5.74) is 0.0601. The highest BCUT2D eigenvalue weighted by atomic mass is 79.9. The van der Waals surface area contributed by atoms with Gasteiger partial charge >= 0.3 is 0 Å². The van der Waals surface area contributed by atoms with Crippen molar-refractivity contribution in [2.45, 2.75) is 31.8 Å². The second kappa shape index (κ2) is 4.94. The van der Waals surface area contributed by atoms with Crippen molar-refractivity contribution in [1.29, 1.82) is 0 Å². The first-order valence-corrected chi connectivity index (χ1v) is 6.15. The summed E-state index contributed by atoms with van der Waals surface area (Å²) in [6.45, 7) is 1.85. The Morgan fingerprint density at radius 2 is 2.40 bits per heavy atom. The van der Waals surface area contributed by atoms with Gasteiger partial charge in [0.05, 0.1) is 4.47 Å². The van der Waals surface area contributed by atoms with E-state index in [0.29, 0.717) is 10.5 Å². The lowest BCUT2D eigenvalue weighted by Crippen LogP contribution is -2.39. The van der Waals surface area contributed by atoms with Crippen molar-refractivity contribution >= 4 is 15.9 Å². The summed E-state index contributed by atoms with van der Waals surface area (Å²) >= 11 is 3.26. The molecule has 0 aliphatic carbocycles. The van der Waals surface area contributed by atoms with Crippen LogP contribution in [0, 0.1) is 0 Å². The maximum Gasteiger partial charge on any atom is 0.264 e. The lowest BCUT2D eigenvalue weighted by molar-refractivity contribution is 0.359. The van der Waals surface area contributed by atoms with E-state index in [4.69, 9.17) is 0 Å². The smallest absolute Gasteiger partial charge is 0.264 e. The van der Waals surface area contributed by atoms with E-state index in [2.05, 4.69) is 21.2 Å². The molecule has 15 heavy (non-hydrogen) atoms. The topological polar surface area (TPSA) is 34.0 Å². The number of pyridine rings is 1. The van der Waals surface area contributed by atoms with Gasteiger partial charge in [-0.3, -0.25) is 4.79 Å². The Bertz CT molecular complexity index is 382. The number of rotatable bonds is 2. The normalized spacial score (nSPS) is 21.5. The molecule has 4 heteroatoms. The lowest BCUT2D eigenvalue weighted by atomic mass is 10.1. The van der Waals surface area contributed by atoms with Gasteiger partial charge in [-0.15, -0.1) is 0 Å². The van der Waals surface area contributed by atoms with Gasteiger partial charge in [0.2, 0.25) is 0 Å². The van der Waals surface area contributed by atoms with Gasteiger partial charge in [0.1, 0.15) is 0 Å². The quantitative estimate of drug-likeness (QED) is 0.889. The minimum Gasteiger partial charge on any atom is -0.313 e. The number of piperidine rings is 1. The fourth-order valence-corrected chi connectivity index (χ4v) is 2.35. The molecule has 2 rings (SSSR count). The van der Waals surface area contributed by atoms with Gasteiger partial charge in [-0.1, -0.05) is 6.42 Å². The lowest BCUT2D eigenvalue weighted by Gasteiger charge is -2.24. The molecule has 1 saturated heterocycles. The standard InChI is InChI=1S/C11H15BrN2O/c12-10-5-3-7-14(11(10)15)8-9-4-1-2-6-13-9/h3,5,7,9,13H,1-2,4,6,8H2. The van der Waals surface area contributed by atoms with Crippen LogP contribution in [0.4, 0.5) is 0 Å². The molecule has 1 aromatic heterocycles. The molecule has 1 aromatic rings. The molecule has 0 bridgehead atoms. The molecule has 0 spiro atoms. The Morgan fingerprint density at radius 1 is 1.53 bits per heavy atom. The Hall–Kier alpha value is -0.610. The van der Waals surface area contributed by atoms with Gasteiger partial charge in [0.15, 0.2) is 0 Å². The second-order valence-corrected chi connectivity index (χ2v) is 4.81. The summed E-state index contributed by atoms with van der Waals surface area (Å²) in [5.74, 6) is 0. The SMILES string of the molecule is O=c1c(Br)cccn1CC1CCCCN1. The first-order valence-electron chi connectivity index (χ1n) is 5.36. The van der Waals surface area contributed by atoms with E-state index in [9.17, 15) is 4.79 Å². The van der Waals surface area contributed by atoms with Crippen LogP contribution in [0.2, 0.25) is 0 Å². The highest BCUT2D eigenvalue weighted by Crippen LogP contribution is 2.09. The van der Waals surface area contributed by atoms with Crippen molar-refractivity contribution in [3.05, 3.63) is 33.2 Å². The maximum atomic E-state index is 11.7. The van der Waals surface area contributed by atoms with Crippen LogP contribution >= 0.6 is 15.9 Å². The van der Waals surface area contributed by atoms with Crippen LogP contribution in [-0.2, 0) is 6.54 Å². The van der Waals surface area contributed by atoms with E-state index in [1.165, 1.54) is 19.3 Å². The maximum absolute atomic E-state index is 11.7. The van der Waals surface area contributed by atoms with E-state index in [1.54, 1.807) is 10.6 Å². The molecule has 1 unspecified atom stereocenters. The minimum atomic E-state index is 0.0601. The average Bonchev–Trinajstić information content (AvgIpc) is 2.26. The fourth-order valence-electron chi connectivity index (χ4n) is 1.97. The summed E-state index contributed by atoms with van der Waals surface area (Å²) in [5, 5.41) is 3.44. The Labute approximate surface area is 97.6 Å². The highest BCUT2D eigenvalue weighted by molar-refractivity contribution is 9.10. The van der Waals surface area contributed by atoms with Crippen molar-refractivity contribution in [3.63, 3.8) is 0 Å². The van der Waals surface area contributed by atoms with E-state index in [1.807, 2.05) is 12.3 Å². The van der Waals surface area contributed by atoms with Crippen LogP contribution < -0.4 is 10.9 Å². The number of hydrogen-bond donors (Lipinski definition) is 1. The summed E-state index contributed by atoms with van der Waals surface area (Å²) in [6.07, 6.45) is 5.53. The first kappa shape index (κ1) is 10.9. The van der Waals surface area contributed by atoms with Gasteiger partial charge in [-0.2, -0.15) is 0 Å². The van der Waals surface area contributed by atoms with Crippen LogP contribution in [0.25, 0.3) is 0 Å². The molecule has 1 aliphatic heterocycles. The number of nitrogens with one attached hydrogen (secondary N) is 1. The molecule has 1 aliphatic rings. The molecular formula is C11H15BrN2O. The predicted octanol–water partition coefficient (Wildman–Crippen LogP) is 1.75. The first-order chi connectivity index (χ1) is 7.27. The molecular weight excluding hydrogens is 256 g/mol. The molecule has 0 aromatic carbocycles. The monoisotopic (exact) mass is 270 g/mol. The van der Waals surface area contributed by atoms with E-state index >= 15 is 0 Å². The van der Waals surface area contributed by atoms with Crippen molar-refractivity contribution < 1.29 is 0 Å². The van der Waals surface area contributed by atoms with Crippen LogP contribution in [0.3, 0.4) is 0 Å². The summed E-state index contributed by atoms with van der Waals surface area (Å²) < 4.78 is 2.41. The molecule has 2 heterocycles. The van der Waals surface area contributed by atoms with E-state index in [-0.39, 0.29) is 5.56 Å². The molecule has 3 nitrogen and oxygen atoms in total. The van der Waals surface area contributed by atoms with Crippen molar-refractivity contribution in [2.75, 3.05) is 6.54 Å². The average molecular weight is 271 g/mol. The van der Waals surface area contributed by atoms with Gasteiger partial charge in [-0.25, -0.2) is 0 Å². The van der Waals surface area contributed by atoms with Crippen LogP contribution in [0.15, 0.2) is 27.6 Å². The molecule has 0 amide bonds. The van der Waals surface area contributed by atoms with Gasteiger partial charge < -0.3 is 9.88 Å². The third-order valence-electron chi connectivity index (χ3n) is 2.80. The molecule has 1 fully saturated rings. The summed E-state index contributed by atoms with van der Waals surface area (Å²) in [6, 6.07) is 4.13. The molecule has 1 N–H and O–H groups in total. The van der Waals surface area contributed by atoms with Crippen molar-refractivity contribution in [3.8, 4) is 0 Å². The van der Waals surface area contributed by atoms with E-state index < -0.39 is 0 Å². The van der Waals surface area contributed by atoms with Gasteiger partial charge in [0, 0.05) is 18.8 Å². The minimum absolute atomic E-state index is 0.0601. The number of nitrogens with zero attached hydrogens (tertiary/aromatic N) is 1. The molecule has 0 radical (unpaired) electrons. The van der Waals surface area contributed by atoms with Crippen molar-refractivity contribution in [1.82, 2.24) is 9.88 Å². The molecule has 1 atom stereocenters. The van der Waals surface area contributed by atoms with Gasteiger partial charge in [0.25, 0.3) is 5.56 Å². The highest BCUT2D eigenvalue weighted by Gasteiger charge is 2.13. The van der Waals surface area contributed by atoms with Gasteiger partial charge in [-0.05, 0) is 47.4 Å². The number of aromatic nitrogens is 1. The molecule has 82 valence electrons. The zero-order chi connectivity index (χ0) is 10.7. The fraction of sp³-hybridized carbons (Fsp3) is 0.545. The van der Waals surface area contributed by atoms with E-state index in [0.717, 1.165) is 13.1 Å². The van der Waals surface area contributed by atoms with Crippen LogP contribution in [-0.4, -0.2) is 17.2 Å². The third-order valence-corrected chi connectivity index (χ3v) is 3.41. The van der Waals surface area contributed by atoms with Crippen LogP contribution in [0.5, 0.6) is 0 Å². The van der Waals surface area contributed by atoms with Crippen LogP contribution in [0.1, 0.15) is 19.3 Å². The van der Waals surface area contributed by atoms with Crippen molar-refractivity contribution in [2.24, 2.45) is 0 Å². The number of halogens is 1. The largest absolute Gasteiger partial charge is 0.313 e. The Kier molecular flexibility index (Phi) is 3.59. The third kappa shape index (κ3) is 2.69. The number of hydrogen-bond acceptors (Lipinski definition) is 2. The predicted molar refractivity (Wildman–Crippen MR) is 64.0 cm³/mol.